The molecule has 1 aromatic heterocycles. The van der Waals surface area contributed by atoms with E-state index in [1.807, 2.05) is 58.9 Å². The number of hydrogen-bond acceptors (Lipinski definition) is 4. The first-order valence-electron chi connectivity index (χ1n) is 11.4. The third kappa shape index (κ3) is 7.35. The maximum atomic E-state index is 13.7. The van der Waals surface area contributed by atoms with Gasteiger partial charge in [0.05, 0.1) is 5.56 Å². The number of carbonyl (C=O) groups excluding carboxylic acids is 1. The Bertz CT molecular complexity index is 952. The van der Waals surface area contributed by atoms with E-state index < -0.39 is 17.8 Å². The minimum absolute atomic E-state index is 0.0340. The molecule has 0 bridgehead atoms. The molecule has 0 saturated heterocycles. The zero-order valence-corrected chi connectivity index (χ0v) is 21.1. The maximum Gasteiger partial charge on any atom is 0.416 e. The SMILES string of the molecule is Cc1ccccc1CNc1cc(C(F)(F)F)cc(N(CCN(C(C)C)C(C)C)C(=O)N(C)C)n1. The molecule has 0 spiro atoms. The number of pyridine rings is 1. The van der Waals surface area contributed by atoms with Gasteiger partial charge in [0.1, 0.15) is 11.6 Å². The predicted molar refractivity (Wildman–Crippen MR) is 131 cm³/mol. The predicted octanol–water partition coefficient (Wildman–Crippen LogP) is 5.63. The smallest absolute Gasteiger partial charge is 0.366 e. The van der Waals surface area contributed by atoms with Crippen molar-refractivity contribution in [1.29, 1.82) is 0 Å². The molecule has 1 N–H and O–H groups in total. The number of nitrogens with one attached hydrogen (secondary N) is 1. The molecule has 0 fully saturated rings. The molecule has 0 aliphatic rings. The number of halogens is 3. The molecule has 1 heterocycles. The van der Waals surface area contributed by atoms with Crippen LogP contribution in [0.2, 0.25) is 0 Å². The summed E-state index contributed by atoms with van der Waals surface area (Å²) in [4.78, 5) is 22.2. The van der Waals surface area contributed by atoms with Gasteiger partial charge >= 0.3 is 12.2 Å². The Kier molecular flexibility index (Phi) is 9.32. The van der Waals surface area contributed by atoms with Gasteiger partial charge < -0.3 is 10.2 Å². The van der Waals surface area contributed by atoms with E-state index in [9.17, 15) is 18.0 Å². The number of anilines is 2. The van der Waals surface area contributed by atoms with Gasteiger partial charge in [-0.1, -0.05) is 24.3 Å². The first-order valence-corrected chi connectivity index (χ1v) is 11.4. The maximum absolute atomic E-state index is 13.7. The summed E-state index contributed by atoms with van der Waals surface area (Å²) >= 11 is 0. The van der Waals surface area contributed by atoms with Gasteiger partial charge in [0.25, 0.3) is 0 Å². The highest BCUT2D eigenvalue weighted by atomic mass is 19.4. The fourth-order valence-corrected chi connectivity index (χ4v) is 3.78. The Balaban J connectivity index is 2.43. The van der Waals surface area contributed by atoms with Crippen LogP contribution in [0, 0.1) is 6.92 Å². The fraction of sp³-hybridized carbons (Fsp3) is 0.520. The van der Waals surface area contributed by atoms with E-state index in [2.05, 4.69) is 15.2 Å². The van der Waals surface area contributed by atoms with Crippen LogP contribution in [0.5, 0.6) is 0 Å². The second-order valence-corrected chi connectivity index (χ2v) is 9.13. The number of benzene rings is 1. The molecule has 0 aliphatic heterocycles. The van der Waals surface area contributed by atoms with Crippen molar-refractivity contribution in [2.45, 2.75) is 59.4 Å². The summed E-state index contributed by atoms with van der Waals surface area (Å²) in [5, 5.41) is 3.01. The third-order valence-corrected chi connectivity index (χ3v) is 5.66. The lowest BCUT2D eigenvalue weighted by Gasteiger charge is -2.33. The molecular formula is C25H36F3N5O. The molecule has 0 saturated carbocycles. The van der Waals surface area contributed by atoms with Gasteiger partial charge in [0, 0.05) is 45.8 Å². The average Bonchev–Trinajstić information content (AvgIpc) is 2.74. The van der Waals surface area contributed by atoms with Crippen LogP contribution in [0.3, 0.4) is 0 Å². The van der Waals surface area contributed by atoms with Crippen LogP contribution in [0.15, 0.2) is 36.4 Å². The number of rotatable bonds is 9. The molecule has 9 heteroatoms. The van der Waals surface area contributed by atoms with Crippen molar-refractivity contribution in [1.82, 2.24) is 14.8 Å². The lowest BCUT2D eigenvalue weighted by Crippen LogP contribution is -2.47. The van der Waals surface area contributed by atoms with Crippen molar-refractivity contribution >= 4 is 17.7 Å². The molecule has 0 aliphatic carbocycles. The van der Waals surface area contributed by atoms with Crippen LogP contribution in [-0.4, -0.2) is 60.1 Å². The Morgan fingerprint density at radius 2 is 1.65 bits per heavy atom. The first-order chi connectivity index (χ1) is 15.8. The van der Waals surface area contributed by atoms with Crippen molar-refractivity contribution in [2.75, 3.05) is 37.4 Å². The van der Waals surface area contributed by atoms with Gasteiger partial charge in [-0.25, -0.2) is 9.78 Å². The Morgan fingerprint density at radius 3 is 2.18 bits per heavy atom. The van der Waals surface area contributed by atoms with Crippen LogP contribution in [0.4, 0.5) is 29.6 Å². The Morgan fingerprint density at radius 1 is 1.03 bits per heavy atom. The first kappa shape index (κ1) is 27.4. The van der Waals surface area contributed by atoms with E-state index in [4.69, 9.17) is 0 Å². The van der Waals surface area contributed by atoms with Gasteiger partial charge in [0.15, 0.2) is 0 Å². The summed E-state index contributed by atoms with van der Waals surface area (Å²) in [7, 11) is 3.14. The standard InChI is InChI=1S/C25H36F3N5O/c1-17(2)32(18(3)4)12-13-33(24(34)31(6)7)23-15-21(25(26,27)28)14-22(30-23)29-16-20-11-9-8-10-19(20)5/h8-11,14-15,17-18H,12-13,16H2,1-7H3,(H,29,30). The van der Waals surface area contributed by atoms with E-state index in [-0.39, 0.29) is 30.3 Å². The van der Waals surface area contributed by atoms with E-state index in [1.165, 1.54) is 9.80 Å². The van der Waals surface area contributed by atoms with E-state index in [1.54, 1.807) is 14.1 Å². The second-order valence-electron chi connectivity index (χ2n) is 9.13. The van der Waals surface area contributed by atoms with Gasteiger partial charge in [-0.15, -0.1) is 0 Å². The monoisotopic (exact) mass is 479 g/mol. The second kappa shape index (κ2) is 11.6. The normalized spacial score (nSPS) is 11.9. The van der Waals surface area contributed by atoms with Crippen molar-refractivity contribution < 1.29 is 18.0 Å². The minimum atomic E-state index is -4.58. The number of amides is 2. The molecule has 0 unspecified atom stereocenters. The summed E-state index contributed by atoms with van der Waals surface area (Å²) in [6.45, 7) is 11.2. The van der Waals surface area contributed by atoms with Gasteiger partial charge in [-0.2, -0.15) is 13.2 Å². The number of urea groups is 1. The van der Waals surface area contributed by atoms with Crippen molar-refractivity contribution in [3.63, 3.8) is 0 Å². The molecular weight excluding hydrogens is 443 g/mol. The zero-order chi connectivity index (χ0) is 25.6. The lowest BCUT2D eigenvalue weighted by atomic mass is 10.1. The number of nitrogens with zero attached hydrogens (tertiary/aromatic N) is 4. The number of carbonyl (C=O) groups is 1. The summed E-state index contributed by atoms with van der Waals surface area (Å²) in [6, 6.07) is 9.56. The molecule has 2 amide bonds. The number of aryl methyl sites for hydroxylation is 1. The van der Waals surface area contributed by atoms with E-state index in [0.29, 0.717) is 13.1 Å². The summed E-state index contributed by atoms with van der Waals surface area (Å²) in [6.07, 6.45) is -4.58. The van der Waals surface area contributed by atoms with Gasteiger partial charge in [0.2, 0.25) is 0 Å². The van der Waals surface area contributed by atoms with Crippen LogP contribution < -0.4 is 10.2 Å². The van der Waals surface area contributed by atoms with Crippen LogP contribution >= 0.6 is 0 Å². The van der Waals surface area contributed by atoms with Crippen LogP contribution in [0.1, 0.15) is 44.4 Å². The van der Waals surface area contributed by atoms with Crippen LogP contribution in [0.25, 0.3) is 0 Å². The largest absolute Gasteiger partial charge is 0.416 e. The van der Waals surface area contributed by atoms with E-state index in [0.717, 1.165) is 23.3 Å². The fourth-order valence-electron chi connectivity index (χ4n) is 3.78. The highest BCUT2D eigenvalue weighted by Gasteiger charge is 2.33. The molecule has 1 aromatic carbocycles. The highest BCUT2D eigenvalue weighted by Crippen LogP contribution is 2.33. The minimum Gasteiger partial charge on any atom is -0.366 e. The number of aromatic nitrogens is 1. The van der Waals surface area contributed by atoms with Gasteiger partial charge in [-0.3, -0.25) is 9.80 Å². The van der Waals surface area contributed by atoms with Crippen LogP contribution in [-0.2, 0) is 12.7 Å². The Labute approximate surface area is 200 Å². The molecule has 34 heavy (non-hydrogen) atoms. The van der Waals surface area contributed by atoms with Gasteiger partial charge in [-0.05, 0) is 57.9 Å². The number of hydrogen-bond donors (Lipinski definition) is 1. The van der Waals surface area contributed by atoms with Crippen molar-refractivity contribution in [3.05, 3.63) is 53.1 Å². The average molecular weight is 480 g/mol. The summed E-state index contributed by atoms with van der Waals surface area (Å²) < 4.78 is 41.2. The lowest BCUT2D eigenvalue weighted by molar-refractivity contribution is -0.137. The zero-order valence-electron chi connectivity index (χ0n) is 21.1. The molecule has 188 valence electrons. The summed E-state index contributed by atoms with van der Waals surface area (Å²) in [5.74, 6) is 0.0301. The highest BCUT2D eigenvalue weighted by molar-refractivity contribution is 5.91. The Hall–Kier alpha value is -2.81. The summed E-state index contributed by atoms with van der Waals surface area (Å²) in [5.41, 5.74) is 1.12. The molecule has 0 atom stereocenters. The topological polar surface area (TPSA) is 51.7 Å². The molecule has 2 aromatic rings. The molecule has 0 radical (unpaired) electrons. The number of alkyl halides is 3. The quantitative estimate of drug-likeness (QED) is 0.507. The molecule has 2 rings (SSSR count). The van der Waals surface area contributed by atoms with Crippen molar-refractivity contribution in [3.8, 4) is 0 Å². The third-order valence-electron chi connectivity index (χ3n) is 5.66. The molecule has 6 nitrogen and oxygen atoms in total. The van der Waals surface area contributed by atoms with E-state index >= 15 is 0 Å². The van der Waals surface area contributed by atoms with Crippen molar-refractivity contribution in [2.24, 2.45) is 0 Å².